The highest BCUT2D eigenvalue weighted by atomic mass is 16.3. The molecule has 0 amide bonds. The summed E-state index contributed by atoms with van der Waals surface area (Å²) < 4.78 is 0. The van der Waals surface area contributed by atoms with Crippen LogP contribution in [0.1, 0.15) is 23.7 Å². The molecule has 2 aromatic rings. The number of nitrogens with one attached hydrogen (secondary N) is 1. The maximum absolute atomic E-state index is 9.63. The van der Waals surface area contributed by atoms with E-state index in [1.54, 1.807) is 0 Å². The minimum atomic E-state index is 0.206. The van der Waals surface area contributed by atoms with Crippen molar-refractivity contribution in [2.75, 3.05) is 13.2 Å². The van der Waals surface area contributed by atoms with Crippen molar-refractivity contribution >= 4 is 0 Å². The van der Waals surface area contributed by atoms with Gasteiger partial charge in [-0.2, -0.15) is 0 Å². The second-order valence-electron chi connectivity index (χ2n) is 6.01. The lowest BCUT2D eigenvalue weighted by molar-refractivity contribution is 0.218. The van der Waals surface area contributed by atoms with Crippen molar-refractivity contribution in [3.8, 4) is 0 Å². The van der Waals surface area contributed by atoms with Gasteiger partial charge in [-0.1, -0.05) is 30.3 Å². The molecule has 22 heavy (non-hydrogen) atoms. The maximum atomic E-state index is 9.63. The van der Waals surface area contributed by atoms with Gasteiger partial charge < -0.3 is 10.4 Å². The predicted molar refractivity (Wildman–Crippen MR) is 90.9 cm³/mol. The Labute approximate surface area is 133 Å². The number of aliphatic hydroxyl groups excluding tert-OH is 1. The van der Waals surface area contributed by atoms with E-state index in [1.807, 2.05) is 18.3 Å². The lowest BCUT2D eigenvalue weighted by atomic mass is 9.96. The van der Waals surface area contributed by atoms with Gasteiger partial charge in [-0.15, -0.1) is 0 Å². The summed E-state index contributed by atoms with van der Waals surface area (Å²) in [5, 5.41) is 13.2. The van der Waals surface area contributed by atoms with E-state index in [-0.39, 0.29) is 12.5 Å². The van der Waals surface area contributed by atoms with Gasteiger partial charge in [0, 0.05) is 37.5 Å². The topological polar surface area (TPSA) is 45.1 Å². The molecule has 0 saturated carbocycles. The summed E-state index contributed by atoms with van der Waals surface area (Å²) in [7, 11) is 0. The number of benzene rings is 1. The minimum Gasteiger partial charge on any atom is -0.396 e. The summed E-state index contributed by atoms with van der Waals surface area (Å²) in [5.41, 5.74) is 3.71. The molecule has 0 bridgehead atoms. The summed E-state index contributed by atoms with van der Waals surface area (Å²) in [6.45, 7) is 5.31. The molecule has 0 saturated heterocycles. The van der Waals surface area contributed by atoms with E-state index >= 15 is 0 Å². The molecule has 3 nitrogen and oxygen atoms in total. The molecule has 2 atom stereocenters. The average molecular weight is 298 g/mol. The van der Waals surface area contributed by atoms with Gasteiger partial charge in [0.25, 0.3) is 0 Å². The lowest BCUT2D eigenvalue weighted by Gasteiger charge is -2.20. The van der Waals surface area contributed by atoms with Gasteiger partial charge >= 0.3 is 0 Å². The van der Waals surface area contributed by atoms with Gasteiger partial charge in [-0.25, -0.2) is 0 Å². The van der Waals surface area contributed by atoms with E-state index in [4.69, 9.17) is 0 Å². The van der Waals surface area contributed by atoms with Gasteiger partial charge in [0.2, 0.25) is 0 Å². The molecule has 0 fully saturated rings. The number of aryl methyl sites for hydroxylation is 1. The molecule has 0 aliphatic carbocycles. The first-order valence-electron chi connectivity index (χ1n) is 7.97. The van der Waals surface area contributed by atoms with Crippen LogP contribution >= 0.6 is 0 Å². The van der Waals surface area contributed by atoms with Crippen molar-refractivity contribution in [2.45, 2.75) is 32.7 Å². The fourth-order valence-electron chi connectivity index (χ4n) is 2.62. The summed E-state index contributed by atoms with van der Waals surface area (Å²) >= 11 is 0. The standard InChI is InChI=1S/C19H26N2O/c1-15-7-3-4-8-18(15)12-17(14-22)13-21-16(2)11-19-9-5-6-10-20-19/h3-10,16-17,21-22H,11-14H2,1-2H3. The number of aliphatic hydroxyl groups is 1. The molecule has 0 spiro atoms. The van der Waals surface area contributed by atoms with Crippen LogP contribution in [0.15, 0.2) is 48.7 Å². The van der Waals surface area contributed by atoms with Crippen LogP contribution in [-0.2, 0) is 12.8 Å². The molecule has 3 heteroatoms. The maximum Gasteiger partial charge on any atom is 0.0474 e. The SMILES string of the molecule is Cc1ccccc1CC(CO)CNC(C)Cc1ccccn1. The number of hydrogen-bond donors (Lipinski definition) is 2. The van der Waals surface area contributed by atoms with Crippen molar-refractivity contribution in [3.05, 3.63) is 65.5 Å². The van der Waals surface area contributed by atoms with Crippen LogP contribution < -0.4 is 5.32 Å². The Morgan fingerprint density at radius 3 is 2.55 bits per heavy atom. The molecule has 0 aliphatic heterocycles. The second-order valence-corrected chi connectivity index (χ2v) is 6.01. The van der Waals surface area contributed by atoms with Crippen molar-refractivity contribution in [1.82, 2.24) is 10.3 Å². The van der Waals surface area contributed by atoms with Gasteiger partial charge in [-0.05, 0) is 49.4 Å². The Balaban J connectivity index is 1.82. The first kappa shape index (κ1) is 16.7. The first-order chi connectivity index (χ1) is 10.7. The van der Waals surface area contributed by atoms with Gasteiger partial charge in [-0.3, -0.25) is 4.98 Å². The normalized spacial score (nSPS) is 13.8. The fraction of sp³-hybridized carbons (Fsp3) is 0.421. The highest BCUT2D eigenvalue weighted by molar-refractivity contribution is 5.26. The Morgan fingerprint density at radius 2 is 1.86 bits per heavy atom. The third-order valence-corrected chi connectivity index (χ3v) is 4.02. The number of nitrogens with zero attached hydrogens (tertiary/aromatic N) is 1. The van der Waals surface area contributed by atoms with Gasteiger partial charge in [0.05, 0.1) is 0 Å². The number of hydrogen-bond acceptors (Lipinski definition) is 3. The van der Waals surface area contributed by atoms with Gasteiger partial charge in [0.15, 0.2) is 0 Å². The van der Waals surface area contributed by atoms with Crippen LogP contribution in [0, 0.1) is 12.8 Å². The second kappa shape index (κ2) is 8.66. The molecular formula is C19H26N2O. The van der Waals surface area contributed by atoms with Crippen LogP contribution in [-0.4, -0.2) is 29.3 Å². The zero-order valence-corrected chi connectivity index (χ0v) is 13.5. The van der Waals surface area contributed by atoms with E-state index in [1.165, 1.54) is 11.1 Å². The van der Waals surface area contributed by atoms with E-state index in [0.29, 0.717) is 6.04 Å². The zero-order valence-electron chi connectivity index (χ0n) is 13.5. The number of rotatable bonds is 8. The minimum absolute atomic E-state index is 0.206. The van der Waals surface area contributed by atoms with E-state index in [0.717, 1.165) is 25.1 Å². The third-order valence-electron chi connectivity index (χ3n) is 4.02. The van der Waals surface area contributed by atoms with Crippen LogP contribution in [0.2, 0.25) is 0 Å². The van der Waals surface area contributed by atoms with Crippen LogP contribution in [0.3, 0.4) is 0 Å². The summed E-state index contributed by atoms with van der Waals surface area (Å²) in [6.07, 6.45) is 3.65. The Kier molecular flexibility index (Phi) is 6.56. The fourth-order valence-corrected chi connectivity index (χ4v) is 2.62. The predicted octanol–water partition coefficient (Wildman–Crippen LogP) is 2.76. The molecular weight excluding hydrogens is 272 g/mol. The molecule has 0 radical (unpaired) electrons. The molecule has 1 aromatic carbocycles. The monoisotopic (exact) mass is 298 g/mol. The summed E-state index contributed by atoms with van der Waals surface area (Å²) in [6, 6.07) is 14.7. The summed E-state index contributed by atoms with van der Waals surface area (Å²) in [4.78, 5) is 4.36. The molecule has 1 heterocycles. The van der Waals surface area contributed by atoms with Crippen molar-refractivity contribution in [1.29, 1.82) is 0 Å². The van der Waals surface area contributed by atoms with Crippen LogP contribution in [0.4, 0.5) is 0 Å². The first-order valence-corrected chi connectivity index (χ1v) is 7.97. The Morgan fingerprint density at radius 1 is 1.09 bits per heavy atom. The van der Waals surface area contributed by atoms with E-state index < -0.39 is 0 Å². The number of pyridine rings is 1. The molecule has 2 N–H and O–H groups in total. The van der Waals surface area contributed by atoms with Crippen LogP contribution in [0.5, 0.6) is 0 Å². The average Bonchev–Trinajstić information content (AvgIpc) is 2.54. The molecule has 1 aromatic heterocycles. The number of aromatic nitrogens is 1. The lowest BCUT2D eigenvalue weighted by Crippen LogP contribution is -2.35. The largest absolute Gasteiger partial charge is 0.396 e. The molecule has 2 unspecified atom stereocenters. The Hall–Kier alpha value is -1.71. The molecule has 118 valence electrons. The highest BCUT2D eigenvalue weighted by Gasteiger charge is 2.12. The Bertz CT molecular complexity index is 556. The van der Waals surface area contributed by atoms with E-state index in [9.17, 15) is 5.11 Å². The van der Waals surface area contributed by atoms with Crippen LogP contribution in [0.25, 0.3) is 0 Å². The van der Waals surface area contributed by atoms with E-state index in [2.05, 4.69) is 54.5 Å². The zero-order chi connectivity index (χ0) is 15.8. The molecule has 0 aliphatic rings. The van der Waals surface area contributed by atoms with Crippen molar-refractivity contribution < 1.29 is 5.11 Å². The molecule has 2 rings (SSSR count). The van der Waals surface area contributed by atoms with Gasteiger partial charge in [0.1, 0.15) is 0 Å². The highest BCUT2D eigenvalue weighted by Crippen LogP contribution is 2.13. The smallest absolute Gasteiger partial charge is 0.0474 e. The third kappa shape index (κ3) is 5.24. The summed E-state index contributed by atoms with van der Waals surface area (Å²) in [5.74, 6) is 0.243. The van der Waals surface area contributed by atoms with Crippen molar-refractivity contribution in [3.63, 3.8) is 0 Å². The quantitative estimate of drug-likeness (QED) is 0.787. The van der Waals surface area contributed by atoms with Crippen molar-refractivity contribution in [2.24, 2.45) is 5.92 Å².